The van der Waals surface area contributed by atoms with Crippen LogP contribution in [0.2, 0.25) is 0 Å². The Morgan fingerprint density at radius 1 is 1.20 bits per heavy atom. The molecule has 1 aliphatic rings. The molecule has 2 aromatic heterocycles. The first-order valence-electron chi connectivity index (χ1n) is 11.1. The van der Waals surface area contributed by atoms with E-state index in [0.717, 1.165) is 12.1 Å². The van der Waals surface area contributed by atoms with Crippen molar-refractivity contribution in [2.24, 2.45) is 5.41 Å². The Hall–Kier alpha value is -3.67. The molecule has 0 saturated carbocycles. The van der Waals surface area contributed by atoms with Gasteiger partial charge in [0.05, 0.1) is 31.1 Å². The van der Waals surface area contributed by atoms with Gasteiger partial charge < -0.3 is 19.8 Å². The van der Waals surface area contributed by atoms with Crippen LogP contribution >= 0.6 is 0 Å². The number of nitrogens with zero attached hydrogens (tertiary/aromatic N) is 4. The third kappa shape index (κ3) is 5.21. The molecule has 10 nitrogen and oxygen atoms in total. The van der Waals surface area contributed by atoms with Gasteiger partial charge in [-0.3, -0.25) is 9.59 Å². The third-order valence-electron chi connectivity index (χ3n) is 5.57. The van der Waals surface area contributed by atoms with Crippen molar-refractivity contribution in [3.05, 3.63) is 58.6 Å². The first kappa shape index (κ1) is 24.5. The molecule has 4 rings (SSSR count). The largest absolute Gasteiger partial charge is 0.424 e. The number of hydrogen-bond acceptors (Lipinski definition) is 7. The number of hydrogen-bond donors (Lipinski definition) is 2. The lowest BCUT2D eigenvalue weighted by Gasteiger charge is -2.30. The van der Waals surface area contributed by atoms with Crippen molar-refractivity contribution in [2.45, 2.75) is 53.3 Å². The number of halogens is 2. The maximum atomic E-state index is 13.9. The van der Waals surface area contributed by atoms with Crippen LogP contribution in [0, 0.1) is 24.0 Å². The van der Waals surface area contributed by atoms with Gasteiger partial charge in [0.25, 0.3) is 5.91 Å². The molecule has 1 atom stereocenters. The van der Waals surface area contributed by atoms with E-state index in [-0.39, 0.29) is 30.4 Å². The van der Waals surface area contributed by atoms with Crippen LogP contribution in [0.4, 0.5) is 8.78 Å². The van der Waals surface area contributed by atoms with Crippen LogP contribution in [-0.2, 0) is 29.1 Å². The highest BCUT2D eigenvalue weighted by molar-refractivity contribution is 5.97. The second-order valence-corrected chi connectivity index (χ2v) is 9.29. The first-order valence-corrected chi connectivity index (χ1v) is 11.1. The molecular formula is C23H26F2N6O4. The standard InChI is InChI=1S/C23H26F2N6O4/c1-12-28-29-18(35-12)10-26-22(33)20(23(2,3)4)27-21(32)19-14-11-34-8-7-17(14)31(30-19)13-5-6-15(24)16(25)9-13/h5-6,9,20H,7-8,10-11H2,1-4H3,(H,26,33)(H,27,32)/t20-/m1/s1. The van der Waals surface area contributed by atoms with E-state index in [1.165, 1.54) is 10.7 Å². The zero-order valence-electron chi connectivity index (χ0n) is 19.8. The van der Waals surface area contributed by atoms with E-state index in [2.05, 4.69) is 25.9 Å². The molecule has 1 aliphatic heterocycles. The lowest BCUT2D eigenvalue weighted by atomic mass is 9.86. The minimum Gasteiger partial charge on any atom is -0.424 e. The predicted octanol–water partition coefficient (Wildman–Crippen LogP) is 2.38. The Kier molecular flexibility index (Phi) is 6.66. The molecule has 12 heteroatoms. The summed E-state index contributed by atoms with van der Waals surface area (Å²) < 4.78 is 39.5. The summed E-state index contributed by atoms with van der Waals surface area (Å²) in [6.45, 7) is 7.61. The van der Waals surface area contributed by atoms with Crippen molar-refractivity contribution < 1.29 is 27.5 Å². The van der Waals surface area contributed by atoms with Crippen LogP contribution in [0.25, 0.3) is 5.69 Å². The van der Waals surface area contributed by atoms with Gasteiger partial charge in [0, 0.05) is 25.0 Å². The average molecular weight is 488 g/mol. The van der Waals surface area contributed by atoms with Crippen LogP contribution in [0.3, 0.4) is 0 Å². The van der Waals surface area contributed by atoms with Crippen LogP contribution in [-0.4, -0.2) is 44.4 Å². The molecule has 1 aromatic carbocycles. The lowest BCUT2D eigenvalue weighted by molar-refractivity contribution is -0.125. The van der Waals surface area contributed by atoms with Crippen molar-refractivity contribution in [3.8, 4) is 5.69 Å². The van der Waals surface area contributed by atoms with Gasteiger partial charge >= 0.3 is 0 Å². The number of rotatable bonds is 6. The number of benzene rings is 1. The fourth-order valence-electron chi connectivity index (χ4n) is 3.80. The van der Waals surface area contributed by atoms with Gasteiger partial charge in [-0.1, -0.05) is 20.8 Å². The minimum atomic E-state index is -1.02. The van der Waals surface area contributed by atoms with Crippen LogP contribution < -0.4 is 10.6 Å². The maximum Gasteiger partial charge on any atom is 0.272 e. The Bertz CT molecular complexity index is 1260. The highest BCUT2D eigenvalue weighted by Gasteiger charge is 2.35. The lowest BCUT2D eigenvalue weighted by Crippen LogP contribution is -2.53. The number of aryl methyl sites for hydroxylation is 1. The zero-order valence-corrected chi connectivity index (χ0v) is 19.8. The minimum absolute atomic E-state index is 0.0100. The Balaban J connectivity index is 1.59. The molecule has 0 spiro atoms. The molecule has 0 saturated heterocycles. The maximum absolute atomic E-state index is 13.9. The van der Waals surface area contributed by atoms with E-state index < -0.39 is 34.9 Å². The van der Waals surface area contributed by atoms with Crippen molar-refractivity contribution >= 4 is 11.8 Å². The topological polar surface area (TPSA) is 124 Å². The molecule has 35 heavy (non-hydrogen) atoms. The molecular weight excluding hydrogens is 462 g/mol. The number of carbonyl (C=O) groups excluding carboxylic acids is 2. The number of amides is 2. The first-order chi connectivity index (χ1) is 16.5. The fourth-order valence-corrected chi connectivity index (χ4v) is 3.80. The Morgan fingerprint density at radius 2 is 1.97 bits per heavy atom. The van der Waals surface area contributed by atoms with Crippen molar-refractivity contribution in [1.29, 1.82) is 0 Å². The van der Waals surface area contributed by atoms with E-state index in [1.54, 1.807) is 6.92 Å². The Labute approximate surface area is 200 Å². The normalized spacial score (nSPS) is 14.3. The van der Waals surface area contributed by atoms with E-state index in [4.69, 9.17) is 9.15 Å². The van der Waals surface area contributed by atoms with Gasteiger partial charge in [0.15, 0.2) is 17.3 Å². The monoisotopic (exact) mass is 488 g/mol. The number of nitrogens with one attached hydrogen (secondary N) is 2. The van der Waals surface area contributed by atoms with Gasteiger partial charge in [-0.15, -0.1) is 10.2 Å². The second kappa shape index (κ2) is 9.53. The average Bonchev–Trinajstić information content (AvgIpc) is 3.40. The highest BCUT2D eigenvalue weighted by Crippen LogP contribution is 2.26. The van der Waals surface area contributed by atoms with Crippen LogP contribution in [0.5, 0.6) is 0 Å². The molecule has 0 aliphatic carbocycles. The summed E-state index contributed by atoms with van der Waals surface area (Å²) in [6, 6.07) is 2.48. The summed E-state index contributed by atoms with van der Waals surface area (Å²) >= 11 is 0. The number of ether oxygens (including phenoxy) is 1. The molecule has 0 fully saturated rings. The Morgan fingerprint density at radius 3 is 2.63 bits per heavy atom. The molecule has 3 aromatic rings. The van der Waals surface area contributed by atoms with E-state index >= 15 is 0 Å². The zero-order chi connectivity index (χ0) is 25.3. The summed E-state index contributed by atoms with van der Waals surface area (Å²) in [5.41, 5.74) is 0.882. The smallest absolute Gasteiger partial charge is 0.272 e. The number of aromatic nitrogens is 4. The molecule has 0 unspecified atom stereocenters. The van der Waals surface area contributed by atoms with Gasteiger partial charge in [0.2, 0.25) is 17.7 Å². The molecule has 0 radical (unpaired) electrons. The van der Waals surface area contributed by atoms with Crippen LogP contribution in [0.1, 0.15) is 54.3 Å². The summed E-state index contributed by atoms with van der Waals surface area (Å²) in [5, 5.41) is 17.4. The van der Waals surface area contributed by atoms with Gasteiger partial charge in [-0.05, 0) is 17.5 Å². The predicted molar refractivity (Wildman–Crippen MR) is 118 cm³/mol. The van der Waals surface area contributed by atoms with E-state index in [0.29, 0.717) is 30.2 Å². The summed E-state index contributed by atoms with van der Waals surface area (Å²) in [5.74, 6) is -2.41. The van der Waals surface area contributed by atoms with E-state index in [9.17, 15) is 18.4 Å². The van der Waals surface area contributed by atoms with Gasteiger partial charge in [-0.2, -0.15) is 5.10 Å². The summed E-state index contributed by atoms with van der Waals surface area (Å²) in [7, 11) is 0. The highest BCUT2D eigenvalue weighted by atomic mass is 19.2. The van der Waals surface area contributed by atoms with Crippen molar-refractivity contribution in [2.75, 3.05) is 6.61 Å². The number of fused-ring (bicyclic) bond motifs is 1. The summed E-state index contributed by atoms with van der Waals surface area (Å²) in [6.07, 6.45) is 0.432. The second-order valence-electron chi connectivity index (χ2n) is 9.29. The molecule has 2 N–H and O–H groups in total. The van der Waals surface area contributed by atoms with Crippen molar-refractivity contribution in [3.63, 3.8) is 0 Å². The third-order valence-corrected chi connectivity index (χ3v) is 5.57. The quantitative estimate of drug-likeness (QED) is 0.546. The summed E-state index contributed by atoms with van der Waals surface area (Å²) in [4.78, 5) is 26.3. The van der Waals surface area contributed by atoms with Crippen molar-refractivity contribution in [1.82, 2.24) is 30.6 Å². The SMILES string of the molecule is Cc1nnc(CNC(=O)[C@@H](NC(=O)c2nn(-c3ccc(F)c(F)c3)c3c2COCC3)C(C)(C)C)o1. The number of carbonyl (C=O) groups is 2. The van der Waals surface area contributed by atoms with Gasteiger partial charge in [-0.25, -0.2) is 13.5 Å². The molecule has 3 heterocycles. The molecule has 0 bridgehead atoms. The van der Waals surface area contributed by atoms with E-state index in [1.807, 2.05) is 20.8 Å². The van der Waals surface area contributed by atoms with Crippen LogP contribution in [0.15, 0.2) is 22.6 Å². The fraction of sp³-hybridized carbons (Fsp3) is 0.435. The molecule has 186 valence electrons. The molecule has 2 amide bonds. The van der Waals surface area contributed by atoms with Gasteiger partial charge in [0.1, 0.15) is 6.04 Å².